The second kappa shape index (κ2) is 14.1. The quantitative estimate of drug-likeness (QED) is 0.515. The fourth-order valence-corrected chi connectivity index (χ4v) is 3.55. The summed E-state index contributed by atoms with van der Waals surface area (Å²) in [5.41, 5.74) is 7.72. The number of hydrogen-bond acceptors (Lipinski definition) is 3. The average Bonchev–Trinajstić information content (AvgIpc) is 2.74. The summed E-state index contributed by atoms with van der Waals surface area (Å²) < 4.78 is 0. The molecule has 0 saturated carbocycles. The number of Topliss-reactive ketones (excluding diaryl/α,β-unsaturated/α-hetero) is 1. The van der Waals surface area contributed by atoms with Gasteiger partial charge in [-0.25, -0.2) is 0 Å². The molecule has 5 heteroatoms. The Hall–Kier alpha value is -2.95. The Morgan fingerprint density at radius 2 is 1.57 bits per heavy atom. The van der Waals surface area contributed by atoms with Gasteiger partial charge in [-0.2, -0.15) is 0 Å². The van der Waals surface area contributed by atoms with Gasteiger partial charge in [-0.3, -0.25) is 14.4 Å². The van der Waals surface area contributed by atoms with Crippen LogP contribution in [0.1, 0.15) is 51.5 Å². The third kappa shape index (κ3) is 9.50. The van der Waals surface area contributed by atoms with Gasteiger partial charge in [0.15, 0.2) is 0 Å². The van der Waals surface area contributed by atoms with E-state index in [-0.39, 0.29) is 30.4 Å². The van der Waals surface area contributed by atoms with E-state index >= 15 is 0 Å². The van der Waals surface area contributed by atoms with Gasteiger partial charge < -0.3 is 10.8 Å². The summed E-state index contributed by atoms with van der Waals surface area (Å²) in [4.78, 5) is 31.8. The second-order valence-electron chi connectivity index (χ2n) is 7.55. The molecule has 162 valence electrons. The second-order valence-corrected chi connectivity index (χ2v) is 7.55. The maximum atomic E-state index is 12.2. The SMILES string of the molecule is CCCC(=O)[C@H](C)CC(CCC(=O)O)Cc1ccc(-c2ccccc2)cc1.NC=O. The van der Waals surface area contributed by atoms with E-state index in [1.165, 1.54) is 16.7 Å². The van der Waals surface area contributed by atoms with Gasteiger partial charge >= 0.3 is 5.97 Å². The van der Waals surface area contributed by atoms with Crippen LogP contribution in [0.15, 0.2) is 54.6 Å². The first-order valence-corrected chi connectivity index (χ1v) is 10.4. The van der Waals surface area contributed by atoms with Crippen LogP contribution in [0, 0.1) is 11.8 Å². The van der Waals surface area contributed by atoms with Gasteiger partial charge in [0.05, 0.1) is 0 Å². The van der Waals surface area contributed by atoms with Crippen molar-refractivity contribution in [1.82, 2.24) is 0 Å². The highest BCUT2D eigenvalue weighted by atomic mass is 16.4. The number of rotatable bonds is 11. The van der Waals surface area contributed by atoms with Crippen molar-refractivity contribution in [3.63, 3.8) is 0 Å². The molecule has 0 aliphatic heterocycles. The van der Waals surface area contributed by atoms with E-state index in [2.05, 4.69) is 42.1 Å². The van der Waals surface area contributed by atoms with Gasteiger partial charge in [0.2, 0.25) is 6.41 Å². The lowest BCUT2D eigenvalue weighted by Gasteiger charge is -2.20. The summed E-state index contributed by atoms with van der Waals surface area (Å²) >= 11 is 0. The fraction of sp³-hybridized carbons (Fsp3) is 0.400. The number of ketones is 1. The number of carboxylic acids is 1. The molecule has 0 aliphatic rings. The number of carbonyl (C=O) groups is 3. The zero-order valence-electron chi connectivity index (χ0n) is 17.9. The Morgan fingerprint density at radius 1 is 1.00 bits per heavy atom. The van der Waals surface area contributed by atoms with Crippen molar-refractivity contribution in [1.29, 1.82) is 0 Å². The van der Waals surface area contributed by atoms with Crippen molar-refractivity contribution in [2.24, 2.45) is 17.6 Å². The summed E-state index contributed by atoms with van der Waals surface area (Å²) in [5, 5.41) is 9.05. The number of carbonyl (C=O) groups excluding carboxylic acids is 2. The molecule has 0 saturated heterocycles. The molecule has 5 nitrogen and oxygen atoms in total. The lowest BCUT2D eigenvalue weighted by atomic mass is 9.84. The molecule has 0 spiro atoms. The molecule has 0 heterocycles. The van der Waals surface area contributed by atoms with Crippen LogP contribution in [-0.4, -0.2) is 23.3 Å². The molecule has 2 rings (SSSR count). The summed E-state index contributed by atoms with van der Waals surface area (Å²) in [6, 6.07) is 18.7. The summed E-state index contributed by atoms with van der Waals surface area (Å²) in [7, 11) is 0. The summed E-state index contributed by atoms with van der Waals surface area (Å²) in [6.45, 7) is 3.99. The van der Waals surface area contributed by atoms with Gasteiger partial charge in [-0.15, -0.1) is 0 Å². The van der Waals surface area contributed by atoms with Crippen LogP contribution in [0.25, 0.3) is 11.1 Å². The molecule has 1 amide bonds. The normalized spacial score (nSPS) is 12.2. The minimum absolute atomic E-state index is 0.00710. The van der Waals surface area contributed by atoms with Crippen LogP contribution >= 0.6 is 0 Å². The highest BCUT2D eigenvalue weighted by molar-refractivity contribution is 5.80. The monoisotopic (exact) mass is 411 g/mol. The van der Waals surface area contributed by atoms with Crippen LogP contribution in [0.3, 0.4) is 0 Å². The maximum Gasteiger partial charge on any atom is 0.303 e. The van der Waals surface area contributed by atoms with E-state index < -0.39 is 5.97 Å². The number of aliphatic carboxylic acids is 1. The number of primary amides is 1. The molecule has 2 aromatic carbocycles. The predicted octanol–water partition coefficient (Wildman–Crippen LogP) is 4.87. The molecule has 0 bridgehead atoms. The van der Waals surface area contributed by atoms with E-state index in [9.17, 15) is 9.59 Å². The molecule has 2 aromatic rings. The third-order valence-corrected chi connectivity index (χ3v) is 5.08. The minimum atomic E-state index is -0.771. The molecule has 30 heavy (non-hydrogen) atoms. The zero-order valence-corrected chi connectivity index (χ0v) is 17.9. The lowest BCUT2D eigenvalue weighted by molar-refractivity contribution is -0.137. The molecule has 2 atom stereocenters. The predicted molar refractivity (Wildman–Crippen MR) is 120 cm³/mol. The van der Waals surface area contributed by atoms with Gasteiger partial charge in [0.1, 0.15) is 5.78 Å². The van der Waals surface area contributed by atoms with Crippen molar-refractivity contribution in [2.75, 3.05) is 0 Å². The molecule has 1 unspecified atom stereocenters. The Labute approximate surface area is 179 Å². The Kier molecular flexibility index (Phi) is 11.8. The van der Waals surface area contributed by atoms with Gasteiger partial charge in [-0.05, 0) is 48.3 Å². The number of benzene rings is 2. The molecular formula is C25H33NO4. The number of amides is 1. The van der Waals surface area contributed by atoms with E-state index in [0.29, 0.717) is 12.8 Å². The number of carboxylic acid groups (broad SMARTS) is 1. The lowest BCUT2D eigenvalue weighted by Crippen LogP contribution is -2.18. The smallest absolute Gasteiger partial charge is 0.303 e. The van der Waals surface area contributed by atoms with Crippen LogP contribution < -0.4 is 5.73 Å². The van der Waals surface area contributed by atoms with Crippen molar-refractivity contribution in [3.05, 3.63) is 60.2 Å². The first-order valence-electron chi connectivity index (χ1n) is 10.4. The maximum absolute atomic E-state index is 12.2. The fourth-order valence-electron chi connectivity index (χ4n) is 3.55. The van der Waals surface area contributed by atoms with Gasteiger partial charge in [0, 0.05) is 18.8 Å². The van der Waals surface area contributed by atoms with Crippen LogP contribution in [0.4, 0.5) is 0 Å². The number of nitrogens with two attached hydrogens (primary N) is 1. The first kappa shape index (κ1) is 25.1. The standard InChI is InChI=1S/C24H30O3.CH3NO/c1-3-7-23(25)18(2)16-20(12-15-24(26)27)17-19-10-13-22(14-11-19)21-8-5-4-6-9-21;2-1-3/h4-6,8-11,13-14,18,20H,3,7,12,15-17H2,1-2H3,(H,26,27);1H,(H2,2,3)/t18-,20?;/m1./s1. The van der Waals surface area contributed by atoms with E-state index in [4.69, 9.17) is 9.90 Å². The highest BCUT2D eigenvalue weighted by Gasteiger charge is 2.19. The highest BCUT2D eigenvalue weighted by Crippen LogP contribution is 2.25. The minimum Gasteiger partial charge on any atom is -0.481 e. The summed E-state index contributed by atoms with van der Waals surface area (Å²) in [5.74, 6) is -0.281. The zero-order chi connectivity index (χ0) is 22.4. The molecule has 0 fully saturated rings. The number of hydrogen-bond donors (Lipinski definition) is 2. The van der Waals surface area contributed by atoms with Crippen molar-refractivity contribution in [3.8, 4) is 11.1 Å². The Morgan fingerprint density at radius 3 is 2.10 bits per heavy atom. The van der Waals surface area contributed by atoms with Crippen molar-refractivity contribution in [2.45, 2.75) is 52.4 Å². The van der Waals surface area contributed by atoms with E-state index in [1.807, 2.05) is 32.0 Å². The largest absolute Gasteiger partial charge is 0.481 e. The van der Waals surface area contributed by atoms with Gasteiger partial charge in [-0.1, -0.05) is 68.4 Å². The molecular weight excluding hydrogens is 378 g/mol. The molecule has 3 N–H and O–H groups in total. The van der Waals surface area contributed by atoms with Crippen molar-refractivity contribution < 1.29 is 19.5 Å². The average molecular weight is 412 g/mol. The molecule has 0 aliphatic carbocycles. The van der Waals surface area contributed by atoms with Crippen LogP contribution in [0.2, 0.25) is 0 Å². The molecule has 0 aromatic heterocycles. The third-order valence-electron chi connectivity index (χ3n) is 5.08. The topological polar surface area (TPSA) is 97.5 Å². The Bertz CT molecular complexity index is 771. The van der Waals surface area contributed by atoms with E-state index in [1.54, 1.807) is 0 Å². The molecule has 0 radical (unpaired) electrons. The van der Waals surface area contributed by atoms with Crippen LogP contribution in [0.5, 0.6) is 0 Å². The van der Waals surface area contributed by atoms with E-state index in [0.717, 1.165) is 19.3 Å². The summed E-state index contributed by atoms with van der Waals surface area (Å²) in [6.07, 6.45) is 4.06. The Balaban J connectivity index is 0.00000141. The first-order chi connectivity index (χ1) is 14.4. The van der Waals surface area contributed by atoms with Crippen LogP contribution in [-0.2, 0) is 20.8 Å². The van der Waals surface area contributed by atoms with Crippen molar-refractivity contribution >= 4 is 18.2 Å². The van der Waals surface area contributed by atoms with Gasteiger partial charge in [0.25, 0.3) is 0 Å².